The van der Waals surface area contributed by atoms with Crippen LogP contribution in [0.1, 0.15) is 37.3 Å². The van der Waals surface area contributed by atoms with Crippen LogP contribution < -0.4 is 0 Å². The molecule has 5 heteroatoms. The summed E-state index contributed by atoms with van der Waals surface area (Å²) in [5.41, 5.74) is -0.842. The average Bonchev–Trinajstić information content (AvgIpc) is 2.83. The first-order valence-corrected chi connectivity index (χ1v) is 6.67. The van der Waals surface area contributed by atoms with Crippen molar-refractivity contribution in [3.63, 3.8) is 0 Å². The van der Waals surface area contributed by atoms with Crippen LogP contribution in [0.3, 0.4) is 0 Å². The molecule has 2 rings (SSSR count). The highest BCUT2D eigenvalue weighted by molar-refractivity contribution is 5.79. The number of carbonyl (C=O) groups is 1. The lowest BCUT2D eigenvalue weighted by atomic mass is 9.79. The number of hydrogen-bond acceptors (Lipinski definition) is 3. The maximum Gasteiger partial charge on any atom is 0.380 e. The number of rotatable bonds is 4. The van der Waals surface area contributed by atoms with E-state index in [2.05, 4.69) is 4.74 Å². The van der Waals surface area contributed by atoms with Gasteiger partial charge < -0.3 is 9.84 Å². The molecule has 20 heavy (non-hydrogen) atoms. The molecule has 1 aromatic carbocycles. The average molecular weight is 284 g/mol. The third-order valence-corrected chi connectivity index (χ3v) is 3.98. The summed E-state index contributed by atoms with van der Waals surface area (Å²) in [4.78, 5) is 11.4. The van der Waals surface area contributed by atoms with Crippen LogP contribution in [0.25, 0.3) is 0 Å². The van der Waals surface area contributed by atoms with E-state index in [-0.39, 0.29) is 6.61 Å². The van der Waals surface area contributed by atoms with Crippen molar-refractivity contribution in [2.75, 3.05) is 6.61 Å². The van der Waals surface area contributed by atoms with Crippen molar-refractivity contribution >= 4 is 5.97 Å². The van der Waals surface area contributed by atoms with Gasteiger partial charge in [0.1, 0.15) is 5.60 Å². The van der Waals surface area contributed by atoms with Gasteiger partial charge in [0.05, 0.1) is 6.61 Å². The molecule has 2 unspecified atom stereocenters. The fraction of sp³-hybridized carbons (Fsp3) is 0.533. The standard InChI is InChI=1S/C15H18F2O3/c1-3-20-13(18)15(16,17)14(2,19)12-9-8-10-6-4-5-7-11(10)12/h4-7,12,19H,3,8-9H2,1-2H3. The molecule has 1 aliphatic carbocycles. The van der Waals surface area contributed by atoms with Gasteiger partial charge in [0, 0.05) is 5.92 Å². The zero-order valence-corrected chi connectivity index (χ0v) is 11.5. The van der Waals surface area contributed by atoms with Crippen molar-refractivity contribution in [3.05, 3.63) is 35.4 Å². The van der Waals surface area contributed by atoms with Crippen molar-refractivity contribution < 1.29 is 23.4 Å². The Hall–Kier alpha value is -1.49. The molecule has 3 nitrogen and oxygen atoms in total. The molecule has 1 N–H and O–H groups in total. The number of benzene rings is 1. The Bertz CT molecular complexity index is 512. The summed E-state index contributed by atoms with van der Waals surface area (Å²) >= 11 is 0. The summed E-state index contributed by atoms with van der Waals surface area (Å²) in [6, 6.07) is 7.16. The van der Waals surface area contributed by atoms with E-state index in [0.717, 1.165) is 12.5 Å². The third-order valence-electron chi connectivity index (χ3n) is 3.98. The van der Waals surface area contributed by atoms with Crippen molar-refractivity contribution in [1.29, 1.82) is 0 Å². The first-order chi connectivity index (χ1) is 9.32. The largest absolute Gasteiger partial charge is 0.461 e. The Morgan fingerprint density at radius 2 is 2.10 bits per heavy atom. The van der Waals surface area contributed by atoms with Gasteiger partial charge in [0.15, 0.2) is 0 Å². The molecule has 0 amide bonds. The zero-order valence-electron chi connectivity index (χ0n) is 11.5. The molecule has 0 heterocycles. The Balaban J connectivity index is 2.34. The van der Waals surface area contributed by atoms with E-state index in [0.29, 0.717) is 18.4 Å². The minimum Gasteiger partial charge on any atom is -0.461 e. The zero-order chi connectivity index (χ0) is 15.0. The molecule has 0 saturated heterocycles. The molecule has 1 aliphatic rings. The predicted molar refractivity (Wildman–Crippen MR) is 69.7 cm³/mol. The number of halogens is 2. The summed E-state index contributed by atoms with van der Waals surface area (Å²) in [5.74, 6) is -6.39. The van der Waals surface area contributed by atoms with Crippen LogP contribution in [-0.2, 0) is 16.0 Å². The van der Waals surface area contributed by atoms with Gasteiger partial charge in [-0.25, -0.2) is 4.79 Å². The molecule has 110 valence electrons. The van der Waals surface area contributed by atoms with E-state index >= 15 is 0 Å². The van der Waals surface area contributed by atoms with Crippen LogP contribution >= 0.6 is 0 Å². The first-order valence-electron chi connectivity index (χ1n) is 6.67. The van der Waals surface area contributed by atoms with Crippen LogP contribution in [0.5, 0.6) is 0 Å². The van der Waals surface area contributed by atoms with Gasteiger partial charge in [-0.15, -0.1) is 0 Å². The van der Waals surface area contributed by atoms with Crippen LogP contribution in [0.15, 0.2) is 24.3 Å². The second-order valence-corrected chi connectivity index (χ2v) is 5.23. The quantitative estimate of drug-likeness (QED) is 0.865. The molecular weight excluding hydrogens is 266 g/mol. The van der Waals surface area contributed by atoms with Gasteiger partial charge in [-0.1, -0.05) is 24.3 Å². The number of aryl methyl sites for hydroxylation is 1. The first kappa shape index (κ1) is 14.9. The summed E-state index contributed by atoms with van der Waals surface area (Å²) in [6.45, 7) is 2.32. The van der Waals surface area contributed by atoms with Crippen molar-refractivity contribution in [1.82, 2.24) is 0 Å². The van der Waals surface area contributed by atoms with Gasteiger partial charge in [0.2, 0.25) is 0 Å². The Kier molecular flexibility index (Phi) is 3.82. The third kappa shape index (κ3) is 2.20. The lowest BCUT2D eigenvalue weighted by Gasteiger charge is -2.36. The molecule has 0 saturated carbocycles. The summed E-state index contributed by atoms with van der Waals surface area (Å²) in [5, 5.41) is 10.3. The van der Waals surface area contributed by atoms with E-state index in [1.165, 1.54) is 6.92 Å². The summed E-state index contributed by atoms with van der Waals surface area (Å²) in [6.07, 6.45) is 1.01. The number of carbonyl (C=O) groups excluding carboxylic acids is 1. The van der Waals surface area contributed by atoms with Crippen molar-refractivity contribution in [2.45, 2.75) is 44.1 Å². The lowest BCUT2D eigenvalue weighted by molar-refractivity contribution is -0.214. The van der Waals surface area contributed by atoms with Crippen molar-refractivity contribution in [3.8, 4) is 0 Å². The van der Waals surface area contributed by atoms with E-state index in [1.54, 1.807) is 12.1 Å². The van der Waals surface area contributed by atoms with Crippen LogP contribution in [0, 0.1) is 0 Å². The van der Waals surface area contributed by atoms with Gasteiger partial charge >= 0.3 is 11.9 Å². The van der Waals surface area contributed by atoms with Gasteiger partial charge in [-0.05, 0) is 37.8 Å². The topological polar surface area (TPSA) is 46.5 Å². The SMILES string of the molecule is CCOC(=O)C(F)(F)C(C)(O)C1CCc2ccccc21. The molecule has 1 aromatic rings. The number of alkyl halides is 2. The minimum absolute atomic E-state index is 0.147. The smallest absolute Gasteiger partial charge is 0.380 e. The molecular formula is C15H18F2O3. The Morgan fingerprint density at radius 1 is 1.45 bits per heavy atom. The van der Waals surface area contributed by atoms with Crippen LogP contribution in [0.4, 0.5) is 8.78 Å². The monoisotopic (exact) mass is 284 g/mol. The summed E-state index contributed by atoms with van der Waals surface area (Å²) in [7, 11) is 0. The van der Waals surface area contributed by atoms with E-state index < -0.39 is 23.4 Å². The van der Waals surface area contributed by atoms with E-state index in [9.17, 15) is 18.7 Å². The van der Waals surface area contributed by atoms with Crippen LogP contribution in [0.2, 0.25) is 0 Å². The second kappa shape index (κ2) is 5.13. The summed E-state index contributed by atoms with van der Waals surface area (Å²) < 4.78 is 32.8. The highest BCUT2D eigenvalue weighted by atomic mass is 19.3. The van der Waals surface area contributed by atoms with E-state index in [1.807, 2.05) is 12.1 Å². The fourth-order valence-electron chi connectivity index (χ4n) is 2.79. The molecule has 0 fully saturated rings. The predicted octanol–water partition coefficient (Wildman–Crippen LogP) is 2.67. The maximum absolute atomic E-state index is 14.2. The number of ether oxygens (including phenoxy) is 1. The number of aliphatic hydroxyl groups is 1. The van der Waals surface area contributed by atoms with E-state index in [4.69, 9.17) is 0 Å². The number of esters is 1. The molecule has 0 radical (unpaired) electrons. The van der Waals surface area contributed by atoms with Gasteiger partial charge in [0.25, 0.3) is 0 Å². The van der Waals surface area contributed by atoms with Crippen molar-refractivity contribution in [2.24, 2.45) is 0 Å². The highest BCUT2D eigenvalue weighted by Gasteiger charge is 2.61. The van der Waals surface area contributed by atoms with Gasteiger partial charge in [-0.3, -0.25) is 0 Å². The highest BCUT2D eigenvalue weighted by Crippen LogP contribution is 2.47. The molecule has 0 bridgehead atoms. The Labute approximate surface area is 116 Å². The molecule has 2 atom stereocenters. The lowest BCUT2D eigenvalue weighted by Crippen LogP contribution is -2.55. The maximum atomic E-state index is 14.2. The molecule has 0 spiro atoms. The minimum atomic E-state index is -3.94. The number of hydrogen-bond donors (Lipinski definition) is 1. The molecule has 0 aliphatic heterocycles. The van der Waals surface area contributed by atoms with Crippen LogP contribution in [-0.4, -0.2) is 29.2 Å². The fourth-order valence-corrected chi connectivity index (χ4v) is 2.79. The number of fused-ring (bicyclic) bond motifs is 1. The van der Waals surface area contributed by atoms with Gasteiger partial charge in [-0.2, -0.15) is 8.78 Å². The Morgan fingerprint density at radius 3 is 2.75 bits per heavy atom. The normalized spacial score (nSPS) is 21.1. The second-order valence-electron chi connectivity index (χ2n) is 5.23. The molecule has 0 aromatic heterocycles.